The number of thiazole rings is 1. The van der Waals surface area contributed by atoms with Gasteiger partial charge in [0.15, 0.2) is 16.1 Å². The van der Waals surface area contributed by atoms with E-state index in [2.05, 4.69) is 26.6 Å². The molecular formula is C18H17N5OS3. The van der Waals surface area contributed by atoms with Gasteiger partial charge in [0.2, 0.25) is 5.91 Å². The lowest BCUT2D eigenvalue weighted by Crippen LogP contribution is -2.14. The van der Waals surface area contributed by atoms with Gasteiger partial charge in [-0.3, -0.25) is 4.79 Å². The molecule has 3 aromatic heterocycles. The fourth-order valence-electron chi connectivity index (χ4n) is 2.64. The molecule has 0 fully saturated rings. The van der Waals surface area contributed by atoms with Crippen molar-refractivity contribution in [3.8, 4) is 10.7 Å². The number of anilines is 1. The predicted octanol–water partition coefficient (Wildman–Crippen LogP) is 4.68. The van der Waals surface area contributed by atoms with Gasteiger partial charge in [-0.05, 0) is 43.0 Å². The highest BCUT2D eigenvalue weighted by molar-refractivity contribution is 7.99. The van der Waals surface area contributed by atoms with E-state index in [4.69, 9.17) is 0 Å². The van der Waals surface area contributed by atoms with Gasteiger partial charge in [0.05, 0.1) is 20.8 Å². The Morgan fingerprint density at radius 3 is 2.96 bits per heavy atom. The second-order valence-corrected chi connectivity index (χ2v) is 8.78. The van der Waals surface area contributed by atoms with Gasteiger partial charge in [-0.15, -0.1) is 21.5 Å². The number of nitrogens with one attached hydrogen (secondary N) is 1. The van der Waals surface area contributed by atoms with Crippen molar-refractivity contribution in [1.29, 1.82) is 0 Å². The molecule has 0 aliphatic heterocycles. The molecule has 0 aliphatic carbocycles. The molecule has 0 unspecified atom stereocenters. The molecule has 4 rings (SSSR count). The van der Waals surface area contributed by atoms with Gasteiger partial charge in [0.1, 0.15) is 0 Å². The maximum absolute atomic E-state index is 12.3. The molecule has 1 amide bonds. The minimum absolute atomic E-state index is 0.0981. The Hall–Kier alpha value is -2.23. The van der Waals surface area contributed by atoms with Crippen molar-refractivity contribution in [3.63, 3.8) is 0 Å². The van der Waals surface area contributed by atoms with Crippen LogP contribution in [0.3, 0.4) is 0 Å². The number of thioether (sulfide) groups is 1. The molecule has 0 bridgehead atoms. The van der Waals surface area contributed by atoms with Gasteiger partial charge in [-0.2, -0.15) is 0 Å². The first-order valence-electron chi connectivity index (χ1n) is 8.41. The molecule has 6 nitrogen and oxygen atoms in total. The summed E-state index contributed by atoms with van der Waals surface area (Å²) in [6.07, 6.45) is 0. The fraction of sp³-hybridized carbons (Fsp3) is 0.222. The Balaban J connectivity index is 1.43. The SMILES string of the molecule is CCn1c(SCC(=O)Nc2nc3ccc(C)cc3s2)nnc1-c1cccs1. The van der Waals surface area contributed by atoms with E-state index in [-0.39, 0.29) is 11.7 Å². The quantitative estimate of drug-likeness (QED) is 0.463. The van der Waals surface area contributed by atoms with Crippen LogP contribution in [-0.4, -0.2) is 31.4 Å². The Labute approximate surface area is 168 Å². The molecule has 1 N–H and O–H groups in total. The van der Waals surface area contributed by atoms with E-state index >= 15 is 0 Å². The maximum Gasteiger partial charge on any atom is 0.236 e. The standard InChI is InChI=1S/C18H17N5OS3/c1-3-23-16(13-5-4-8-25-13)21-22-18(23)26-10-15(24)20-17-19-12-7-6-11(2)9-14(12)27-17/h4-9H,3,10H2,1-2H3,(H,19,20,24). The highest BCUT2D eigenvalue weighted by Crippen LogP contribution is 2.28. The van der Waals surface area contributed by atoms with Crippen LogP contribution >= 0.6 is 34.4 Å². The van der Waals surface area contributed by atoms with Gasteiger partial charge in [-0.25, -0.2) is 4.98 Å². The monoisotopic (exact) mass is 415 g/mol. The Kier molecular flexibility index (Phi) is 5.24. The van der Waals surface area contributed by atoms with Crippen LogP contribution in [-0.2, 0) is 11.3 Å². The molecule has 0 saturated heterocycles. The summed E-state index contributed by atoms with van der Waals surface area (Å²) in [5, 5.41) is 14.8. The van der Waals surface area contributed by atoms with Crippen LogP contribution in [0.4, 0.5) is 5.13 Å². The summed E-state index contributed by atoms with van der Waals surface area (Å²) in [4.78, 5) is 17.9. The largest absolute Gasteiger partial charge is 0.302 e. The first kappa shape index (κ1) is 18.1. The van der Waals surface area contributed by atoms with Crippen molar-refractivity contribution in [2.45, 2.75) is 25.5 Å². The smallest absolute Gasteiger partial charge is 0.236 e. The topological polar surface area (TPSA) is 72.7 Å². The van der Waals surface area contributed by atoms with Crippen molar-refractivity contribution in [3.05, 3.63) is 41.3 Å². The number of aryl methyl sites for hydroxylation is 1. The van der Waals surface area contributed by atoms with E-state index in [1.807, 2.05) is 48.1 Å². The molecule has 0 atom stereocenters. The maximum atomic E-state index is 12.3. The summed E-state index contributed by atoms with van der Waals surface area (Å²) in [6, 6.07) is 10.1. The first-order valence-corrected chi connectivity index (χ1v) is 11.1. The third kappa shape index (κ3) is 3.90. The van der Waals surface area contributed by atoms with E-state index in [0.29, 0.717) is 5.13 Å². The van der Waals surface area contributed by atoms with E-state index in [9.17, 15) is 4.79 Å². The van der Waals surface area contributed by atoms with Crippen molar-refractivity contribution in [2.24, 2.45) is 0 Å². The van der Waals surface area contributed by atoms with Crippen LogP contribution in [0.1, 0.15) is 12.5 Å². The van der Waals surface area contributed by atoms with Crippen LogP contribution in [0.25, 0.3) is 20.9 Å². The zero-order valence-corrected chi connectivity index (χ0v) is 17.2. The molecule has 138 valence electrons. The first-order chi connectivity index (χ1) is 13.1. The number of hydrogen-bond donors (Lipinski definition) is 1. The van der Waals surface area contributed by atoms with Crippen LogP contribution in [0.2, 0.25) is 0 Å². The predicted molar refractivity (Wildman–Crippen MR) is 113 cm³/mol. The summed E-state index contributed by atoms with van der Waals surface area (Å²) >= 11 is 4.50. The number of carbonyl (C=O) groups excluding carboxylic acids is 1. The summed E-state index contributed by atoms with van der Waals surface area (Å²) in [5.41, 5.74) is 2.08. The highest BCUT2D eigenvalue weighted by Gasteiger charge is 2.16. The van der Waals surface area contributed by atoms with E-state index in [1.165, 1.54) is 28.7 Å². The number of benzene rings is 1. The molecule has 9 heteroatoms. The minimum Gasteiger partial charge on any atom is -0.302 e. The molecule has 3 heterocycles. The van der Waals surface area contributed by atoms with Gasteiger partial charge >= 0.3 is 0 Å². The molecule has 1 aromatic carbocycles. The van der Waals surface area contributed by atoms with Crippen LogP contribution in [0.5, 0.6) is 0 Å². The summed E-state index contributed by atoms with van der Waals surface area (Å²) in [7, 11) is 0. The normalized spacial score (nSPS) is 11.2. The van der Waals surface area contributed by atoms with Crippen LogP contribution in [0, 0.1) is 6.92 Å². The van der Waals surface area contributed by atoms with Crippen molar-refractivity contribution in [2.75, 3.05) is 11.1 Å². The van der Waals surface area contributed by atoms with Crippen LogP contribution in [0.15, 0.2) is 40.9 Å². The van der Waals surface area contributed by atoms with Crippen molar-refractivity contribution in [1.82, 2.24) is 19.7 Å². The van der Waals surface area contributed by atoms with Gasteiger partial charge < -0.3 is 9.88 Å². The zero-order valence-electron chi connectivity index (χ0n) is 14.8. The lowest BCUT2D eigenvalue weighted by atomic mass is 10.2. The second-order valence-electron chi connectivity index (χ2n) is 5.85. The number of carbonyl (C=O) groups is 1. The molecule has 0 aliphatic rings. The number of hydrogen-bond acceptors (Lipinski definition) is 7. The molecule has 27 heavy (non-hydrogen) atoms. The third-order valence-corrected chi connectivity index (χ3v) is 6.66. The average molecular weight is 416 g/mol. The molecule has 0 saturated carbocycles. The average Bonchev–Trinajstić information content (AvgIpc) is 3.37. The van der Waals surface area contributed by atoms with Crippen molar-refractivity contribution < 1.29 is 4.79 Å². The number of fused-ring (bicyclic) bond motifs is 1. The lowest BCUT2D eigenvalue weighted by molar-refractivity contribution is -0.113. The summed E-state index contributed by atoms with van der Waals surface area (Å²) in [5.74, 6) is 1.01. The minimum atomic E-state index is -0.0981. The number of thiophene rings is 1. The summed E-state index contributed by atoms with van der Waals surface area (Å²) < 4.78 is 3.11. The number of rotatable bonds is 6. The van der Waals surface area contributed by atoms with Gasteiger partial charge in [-0.1, -0.05) is 35.2 Å². The number of amides is 1. The molecule has 0 radical (unpaired) electrons. The molecule has 0 spiro atoms. The Morgan fingerprint density at radius 2 is 2.19 bits per heavy atom. The second kappa shape index (κ2) is 7.79. The highest BCUT2D eigenvalue weighted by atomic mass is 32.2. The van der Waals surface area contributed by atoms with Gasteiger partial charge in [0, 0.05) is 6.54 Å². The molecule has 4 aromatic rings. The third-order valence-electron chi connectivity index (χ3n) is 3.90. The van der Waals surface area contributed by atoms with Gasteiger partial charge in [0.25, 0.3) is 0 Å². The lowest BCUT2D eigenvalue weighted by Gasteiger charge is -2.06. The van der Waals surface area contributed by atoms with E-state index in [1.54, 1.807) is 11.3 Å². The molecular weight excluding hydrogens is 398 g/mol. The summed E-state index contributed by atoms with van der Waals surface area (Å²) in [6.45, 7) is 4.84. The Morgan fingerprint density at radius 1 is 1.30 bits per heavy atom. The van der Waals surface area contributed by atoms with Crippen LogP contribution < -0.4 is 5.32 Å². The van der Waals surface area contributed by atoms with E-state index < -0.39 is 0 Å². The number of aromatic nitrogens is 4. The van der Waals surface area contributed by atoms with E-state index in [0.717, 1.165) is 32.6 Å². The zero-order chi connectivity index (χ0) is 18.8. The number of nitrogens with zero attached hydrogens (tertiary/aromatic N) is 4. The Bertz CT molecular complexity index is 1080. The van der Waals surface area contributed by atoms with Crippen molar-refractivity contribution >= 4 is 55.7 Å². The fourth-order valence-corrected chi connectivity index (χ4v) is 5.14.